The number of ether oxygens (including phenoxy) is 1. The zero-order valence-corrected chi connectivity index (χ0v) is 11.4. The first-order valence-corrected chi connectivity index (χ1v) is 7.28. The number of hydrogen-bond donors (Lipinski definition) is 1. The molecule has 98 valence electrons. The summed E-state index contributed by atoms with van der Waals surface area (Å²) in [7, 11) is 0. The average Bonchev–Trinajstić information content (AvgIpc) is 3.12. The summed E-state index contributed by atoms with van der Waals surface area (Å²) in [4.78, 5) is 0. The van der Waals surface area contributed by atoms with Gasteiger partial charge >= 0.3 is 0 Å². The highest BCUT2D eigenvalue weighted by atomic mass is 16.5. The second kappa shape index (κ2) is 4.93. The molecule has 2 heteroatoms. The van der Waals surface area contributed by atoms with E-state index in [4.69, 9.17) is 4.74 Å². The summed E-state index contributed by atoms with van der Waals surface area (Å²) in [6.45, 7) is 6.47. The monoisotopic (exact) mass is 245 g/mol. The van der Waals surface area contributed by atoms with Gasteiger partial charge in [-0.25, -0.2) is 0 Å². The minimum Gasteiger partial charge on any atom is -0.493 e. The molecule has 1 aromatic carbocycles. The third-order valence-corrected chi connectivity index (χ3v) is 4.32. The van der Waals surface area contributed by atoms with Crippen LogP contribution in [0.2, 0.25) is 0 Å². The first-order chi connectivity index (χ1) is 8.79. The van der Waals surface area contributed by atoms with Crippen molar-refractivity contribution >= 4 is 0 Å². The molecule has 1 aliphatic carbocycles. The van der Waals surface area contributed by atoms with Crippen molar-refractivity contribution in [2.75, 3.05) is 13.2 Å². The van der Waals surface area contributed by atoms with Crippen molar-refractivity contribution in [1.29, 1.82) is 0 Å². The summed E-state index contributed by atoms with van der Waals surface area (Å²) in [6, 6.07) is 7.33. The Kier molecular flexibility index (Phi) is 3.29. The van der Waals surface area contributed by atoms with E-state index in [0.29, 0.717) is 6.04 Å². The van der Waals surface area contributed by atoms with Gasteiger partial charge < -0.3 is 10.1 Å². The van der Waals surface area contributed by atoms with Crippen molar-refractivity contribution in [1.82, 2.24) is 5.32 Å². The molecule has 1 aliphatic heterocycles. The predicted molar refractivity (Wildman–Crippen MR) is 73.9 cm³/mol. The minimum atomic E-state index is 0.539. The van der Waals surface area contributed by atoms with Crippen LogP contribution in [-0.2, 0) is 6.42 Å². The van der Waals surface area contributed by atoms with Crippen LogP contribution >= 0.6 is 0 Å². The van der Waals surface area contributed by atoms with Gasteiger partial charge in [0.1, 0.15) is 5.75 Å². The molecule has 2 nitrogen and oxygen atoms in total. The zero-order valence-electron chi connectivity index (χ0n) is 11.4. The summed E-state index contributed by atoms with van der Waals surface area (Å²) in [5.74, 6) is 2.80. The highest BCUT2D eigenvalue weighted by Gasteiger charge is 2.39. The van der Waals surface area contributed by atoms with E-state index in [1.807, 2.05) is 0 Å². The molecule has 3 rings (SSSR count). The second-order valence-electron chi connectivity index (χ2n) is 5.73. The molecule has 2 aliphatic rings. The van der Waals surface area contributed by atoms with Crippen molar-refractivity contribution in [2.45, 2.75) is 39.2 Å². The van der Waals surface area contributed by atoms with Gasteiger partial charge in [-0.2, -0.15) is 0 Å². The average molecular weight is 245 g/mol. The Morgan fingerprint density at radius 2 is 2.28 bits per heavy atom. The van der Waals surface area contributed by atoms with Crippen molar-refractivity contribution in [3.8, 4) is 5.75 Å². The van der Waals surface area contributed by atoms with Gasteiger partial charge in [-0.1, -0.05) is 26.0 Å². The van der Waals surface area contributed by atoms with Crippen molar-refractivity contribution in [3.63, 3.8) is 0 Å². The molecule has 18 heavy (non-hydrogen) atoms. The Morgan fingerprint density at radius 1 is 1.44 bits per heavy atom. The van der Waals surface area contributed by atoms with Gasteiger partial charge in [-0.3, -0.25) is 0 Å². The maximum atomic E-state index is 5.69. The number of rotatable bonds is 4. The van der Waals surface area contributed by atoms with Crippen molar-refractivity contribution in [2.24, 2.45) is 11.8 Å². The van der Waals surface area contributed by atoms with Crippen LogP contribution in [0, 0.1) is 11.8 Å². The molecule has 1 N–H and O–H groups in total. The van der Waals surface area contributed by atoms with Crippen molar-refractivity contribution in [3.05, 3.63) is 29.3 Å². The smallest absolute Gasteiger partial charge is 0.122 e. The van der Waals surface area contributed by atoms with Gasteiger partial charge in [0.05, 0.1) is 6.61 Å². The zero-order chi connectivity index (χ0) is 12.5. The van der Waals surface area contributed by atoms with Crippen LogP contribution < -0.4 is 10.1 Å². The molecule has 1 aromatic rings. The maximum Gasteiger partial charge on any atom is 0.122 e. The lowest BCUT2D eigenvalue weighted by Gasteiger charge is -2.22. The van der Waals surface area contributed by atoms with Crippen LogP contribution in [0.25, 0.3) is 0 Å². The number of nitrogens with one attached hydrogen (secondary N) is 1. The van der Waals surface area contributed by atoms with Crippen LogP contribution in [0.1, 0.15) is 43.9 Å². The fourth-order valence-corrected chi connectivity index (χ4v) is 3.13. The lowest BCUT2D eigenvalue weighted by atomic mass is 9.96. The number of aryl methyl sites for hydroxylation is 1. The number of fused-ring (bicyclic) bond motifs is 1. The highest BCUT2D eigenvalue weighted by Crippen LogP contribution is 2.47. The van der Waals surface area contributed by atoms with Crippen LogP contribution in [0.3, 0.4) is 0 Å². The number of benzene rings is 1. The van der Waals surface area contributed by atoms with Crippen LogP contribution in [0.4, 0.5) is 0 Å². The largest absolute Gasteiger partial charge is 0.493 e. The first kappa shape index (κ1) is 12.0. The Bertz CT molecular complexity index is 429. The SMILES string of the molecule is CCNC(c1ccc2c(c1)CCCO2)C1CC1C. The topological polar surface area (TPSA) is 21.3 Å². The third-order valence-electron chi connectivity index (χ3n) is 4.32. The van der Waals surface area contributed by atoms with E-state index in [-0.39, 0.29) is 0 Å². The summed E-state index contributed by atoms with van der Waals surface area (Å²) in [5.41, 5.74) is 2.85. The lowest BCUT2D eigenvalue weighted by Crippen LogP contribution is -2.23. The molecular weight excluding hydrogens is 222 g/mol. The van der Waals surface area contributed by atoms with Crippen LogP contribution in [-0.4, -0.2) is 13.2 Å². The van der Waals surface area contributed by atoms with Crippen LogP contribution in [0.5, 0.6) is 5.75 Å². The lowest BCUT2D eigenvalue weighted by molar-refractivity contribution is 0.288. The Morgan fingerprint density at radius 3 is 3.00 bits per heavy atom. The van der Waals surface area contributed by atoms with Crippen molar-refractivity contribution < 1.29 is 4.74 Å². The van der Waals surface area contributed by atoms with Gasteiger partial charge in [-0.05, 0) is 54.8 Å². The second-order valence-corrected chi connectivity index (χ2v) is 5.73. The summed E-state index contributed by atoms with van der Waals surface area (Å²) in [5, 5.41) is 3.66. The molecular formula is C16H23NO. The molecule has 0 amide bonds. The van der Waals surface area contributed by atoms with Gasteiger partial charge in [-0.15, -0.1) is 0 Å². The molecule has 1 heterocycles. The molecule has 0 saturated heterocycles. The van der Waals surface area contributed by atoms with E-state index < -0.39 is 0 Å². The summed E-state index contributed by atoms with van der Waals surface area (Å²) < 4.78 is 5.69. The van der Waals surface area contributed by atoms with E-state index in [1.54, 1.807) is 0 Å². The van der Waals surface area contributed by atoms with Gasteiger partial charge in [0.25, 0.3) is 0 Å². The maximum absolute atomic E-state index is 5.69. The molecule has 1 saturated carbocycles. The standard InChI is InChI=1S/C16H23NO/c1-3-17-16(14-9-11(14)2)13-6-7-15-12(10-13)5-4-8-18-15/h6-7,10-11,14,16-17H,3-5,8-9H2,1-2H3. The van der Waals surface area contributed by atoms with E-state index in [9.17, 15) is 0 Å². The fourth-order valence-electron chi connectivity index (χ4n) is 3.13. The predicted octanol–water partition coefficient (Wildman–Crippen LogP) is 3.32. The summed E-state index contributed by atoms with van der Waals surface area (Å²) in [6.07, 6.45) is 3.69. The normalized spacial score (nSPS) is 27.2. The Labute approximate surface area is 110 Å². The molecule has 3 unspecified atom stereocenters. The van der Waals surface area contributed by atoms with Gasteiger partial charge in [0, 0.05) is 6.04 Å². The molecule has 0 spiro atoms. The Balaban J connectivity index is 1.85. The van der Waals surface area contributed by atoms with E-state index >= 15 is 0 Å². The first-order valence-electron chi connectivity index (χ1n) is 7.28. The Hall–Kier alpha value is -1.02. The summed E-state index contributed by atoms with van der Waals surface area (Å²) >= 11 is 0. The van der Waals surface area contributed by atoms with E-state index in [1.165, 1.54) is 24.0 Å². The minimum absolute atomic E-state index is 0.539. The molecule has 0 radical (unpaired) electrons. The number of hydrogen-bond acceptors (Lipinski definition) is 2. The third kappa shape index (κ3) is 2.26. The highest BCUT2D eigenvalue weighted by molar-refractivity contribution is 5.40. The molecule has 0 aromatic heterocycles. The van der Waals surface area contributed by atoms with E-state index in [2.05, 4.69) is 37.4 Å². The quantitative estimate of drug-likeness (QED) is 0.878. The fraction of sp³-hybridized carbons (Fsp3) is 0.625. The van der Waals surface area contributed by atoms with Gasteiger partial charge in [0.2, 0.25) is 0 Å². The van der Waals surface area contributed by atoms with E-state index in [0.717, 1.165) is 37.2 Å². The van der Waals surface area contributed by atoms with Gasteiger partial charge in [0.15, 0.2) is 0 Å². The molecule has 1 fully saturated rings. The molecule has 0 bridgehead atoms. The molecule has 3 atom stereocenters. The van der Waals surface area contributed by atoms with Crippen LogP contribution in [0.15, 0.2) is 18.2 Å².